The molecule has 0 spiro atoms. The number of nitrogens with zero attached hydrogens (tertiary/aromatic N) is 1. The molecule has 1 atom stereocenters. The topological polar surface area (TPSA) is 73.5 Å². The van der Waals surface area contributed by atoms with Crippen LogP contribution in [0.15, 0.2) is 0 Å². The average Bonchev–Trinajstić information content (AvgIpc) is 3.00. The number of nitrogens with one attached hydrogen (secondary N) is 3. The average molecular weight is 240 g/mol. The lowest BCUT2D eigenvalue weighted by Gasteiger charge is -2.31. The van der Waals surface area contributed by atoms with Gasteiger partial charge in [-0.25, -0.2) is 4.79 Å². The van der Waals surface area contributed by atoms with Crippen LogP contribution in [0.4, 0.5) is 4.79 Å². The second-order valence-electron chi connectivity index (χ2n) is 4.89. The third kappa shape index (κ3) is 4.32. The van der Waals surface area contributed by atoms with Gasteiger partial charge in [0.05, 0.1) is 6.54 Å². The predicted octanol–water partition coefficient (Wildman–Crippen LogP) is -0.732. The fourth-order valence-corrected chi connectivity index (χ4v) is 1.97. The van der Waals surface area contributed by atoms with Gasteiger partial charge in [-0.2, -0.15) is 0 Å². The molecule has 1 aliphatic carbocycles. The molecule has 0 aromatic heterocycles. The van der Waals surface area contributed by atoms with Crippen LogP contribution in [0, 0.1) is 0 Å². The molecule has 3 amide bonds. The molecule has 2 aliphatic rings. The number of amides is 3. The van der Waals surface area contributed by atoms with E-state index in [0.29, 0.717) is 12.6 Å². The summed E-state index contributed by atoms with van der Waals surface area (Å²) in [6.45, 7) is 4.97. The fourth-order valence-electron chi connectivity index (χ4n) is 1.97. The summed E-state index contributed by atoms with van der Waals surface area (Å²) in [5.41, 5.74) is 0. The van der Waals surface area contributed by atoms with Crippen LogP contribution in [0.25, 0.3) is 0 Å². The molecular weight excluding hydrogens is 220 g/mol. The Bertz CT molecular complexity index is 304. The first-order valence-electron chi connectivity index (χ1n) is 6.19. The lowest BCUT2D eigenvalue weighted by molar-refractivity contribution is -0.121. The molecule has 0 aromatic carbocycles. The number of carbonyl (C=O) groups excluding carboxylic acids is 2. The van der Waals surface area contributed by atoms with Gasteiger partial charge in [0.1, 0.15) is 0 Å². The smallest absolute Gasteiger partial charge is 0.321 e. The van der Waals surface area contributed by atoms with Gasteiger partial charge < -0.3 is 10.6 Å². The molecule has 0 bridgehead atoms. The van der Waals surface area contributed by atoms with E-state index in [1.807, 2.05) is 0 Å². The van der Waals surface area contributed by atoms with E-state index >= 15 is 0 Å². The molecule has 2 fully saturated rings. The van der Waals surface area contributed by atoms with Gasteiger partial charge >= 0.3 is 6.03 Å². The zero-order chi connectivity index (χ0) is 12.3. The van der Waals surface area contributed by atoms with E-state index in [2.05, 4.69) is 27.8 Å². The Morgan fingerprint density at radius 1 is 1.41 bits per heavy atom. The summed E-state index contributed by atoms with van der Waals surface area (Å²) in [7, 11) is 0. The van der Waals surface area contributed by atoms with Gasteiger partial charge in [-0.3, -0.25) is 15.0 Å². The van der Waals surface area contributed by atoms with Crippen LogP contribution in [-0.2, 0) is 4.79 Å². The van der Waals surface area contributed by atoms with E-state index in [-0.39, 0.29) is 18.0 Å². The minimum Gasteiger partial charge on any atom is -0.335 e. The number of imide groups is 1. The zero-order valence-electron chi connectivity index (χ0n) is 10.2. The highest BCUT2D eigenvalue weighted by molar-refractivity contribution is 5.95. The molecule has 6 heteroatoms. The van der Waals surface area contributed by atoms with Crippen molar-refractivity contribution in [3.8, 4) is 0 Å². The molecule has 0 radical (unpaired) electrons. The molecule has 1 saturated carbocycles. The second-order valence-corrected chi connectivity index (χ2v) is 4.89. The van der Waals surface area contributed by atoms with Crippen molar-refractivity contribution in [3.63, 3.8) is 0 Å². The lowest BCUT2D eigenvalue weighted by atomic mass is 10.2. The van der Waals surface area contributed by atoms with Gasteiger partial charge in [0.25, 0.3) is 0 Å². The van der Waals surface area contributed by atoms with Crippen molar-refractivity contribution in [2.75, 3.05) is 26.2 Å². The van der Waals surface area contributed by atoms with Crippen LogP contribution in [0.5, 0.6) is 0 Å². The highest BCUT2D eigenvalue weighted by Crippen LogP contribution is 2.18. The van der Waals surface area contributed by atoms with Crippen molar-refractivity contribution in [2.45, 2.75) is 31.8 Å². The van der Waals surface area contributed by atoms with Gasteiger partial charge in [-0.05, 0) is 19.8 Å². The quantitative estimate of drug-likeness (QED) is 0.608. The summed E-state index contributed by atoms with van der Waals surface area (Å²) >= 11 is 0. The Labute approximate surface area is 101 Å². The minimum absolute atomic E-state index is 0.225. The summed E-state index contributed by atoms with van der Waals surface area (Å²) < 4.78 is 0. The third-order valence-corrected chi connectivity index (χ3v) is 2.99. The molecule has 96 valence electrons. The maximum Gasteiger partial charge on any atom is 0.321 e. The van der Waals surface area contributed by atoms with E-state index < -0.39 is 0 Å². The predicted molar refractivity (Wildman–Crippen MR) is 63.6 cm³/mol. The maximum absolute atomic E-state index is 11.6. The lowest BCUT2D eigenvalue weighted by Crippen LogP contribution is -2.53. The second kappa shape index (κ2) is 5.46. The van der Waals surface area contributed by atoms with Gasteiger partial charge in [0.2, 0.25) is 5.91 Å². The number of hydrogen-bond acceptors (Lipinski definition) is 4. The number of rotatable bonds is 3. The fraction of sp³-hybridized carbons (Fsp3) is 0.818. The van der Waals surface area contributed by atoms with Crippen LogP contribution in [0.1, 0.15) is 19.8 Å². The monoisotopic (exact) mass is 240 g/mol. The summed E-state index contributed by atoms with van der Waals surface area (Å²) in [5, 5.41) is 8.40. The van der Waals surface area contributed by atoms with Gasteiger partial charge in [0.15, 0.2) is 0 Å². The maximum atomic E-state index is 11.6. The molecule has 1 aliphatic heterocycles. The summed E-state index contributed by atoms with van der Waals surface area (Å²) in [6.07, 6.45) is 2.05. The standard InChI is InChI=1S/C11H20N4O2/c1-8-6-15(5-4-12-8)7-10(16)14-11(17)13-9-2-3-9/h8-9,12H,2-7H2,1H3,(H2,13,14,16,17)/t8-/m1/s1. The molecule has 17 heavy (non-hydrogen) atoms. The molecule has 2 rings (SSSR count). The zero-order valence-corrected chi connectivity index (χ0v) is 10.2. The number of piperazine rings is 1. The number of urea groups is 1. The van der Waals surface area contributed by atoms with Crippen LogP contribution < -0.4 is 16.0 Å². The molecule has 1 saturated heterocycles. The Hall–Kier alpha value is -1.14. The van der Waals surface area contributed by atoms with Gasteiger partial charge in [0, 0.05) is 31.7 Å². The van der Waals surface area contributed by atoms with Crippen molar-refractivity contribution in [3.05, 3.63) is 0 Å². The Morgan fingerprint density at radius 3 is 2.82 bits per heavy atom. The van der Waals surface area contributed by atoms with E-state index in [9.17, 15) is 9.59 Å². The molecule has 6 nitrogen and oxygen atoms in total. The van der Waals surface area contributed by atoms with Crippen LogP contribution in [0.3, 0.4) is 0 Å². The van der Waals surface area contributed by atoms with Crippen molar-refractivity contribution < 1.29 is 9.59 Å². The normalized spacial score (nSPS) is 25.4. The number of carbonyl (C=O) groups is 2. The first-order chi connectivity index (χ1) is 8.13. The van der Waals surface area contributed by atoms with Gasteiger partial charge in [-0.1, -0.05) is 0 Å². The van der Waals surface area contributed by atoms with Gasteiger partial charge in [-0.15, -0.1) is 0 Å². The van der Waals surface area contributed by atoms with E-state index in [1.54, 1.807) is 0 Å². The van der Waals surface area contributed by atoms with Crippen molar-refractivity contribution in [1.82, 2.24) is 20.9 Å². The highest BCUT2D eigenvalue weighted by atomic mass is 16.2. The largest absolute Gasteiger partial charge is 0.335 e. The van der Waals surface area contributed by atoms with Crippen molar-refractivity contribution >= 4 is 11.9 Å². The summed E-state index contributed by atoms with van der Waals surface area (Å²) in [5.74, 6) is -0.225. The van der Waals surface area contributed by atoms with Crippen molar-refractivity contribution in [2.24, 2.45) is 0 Å². The number of hydrogen-bond donors (Lipinski definition) is 3. The van der Waals surface area contributed by atoms with E-state index in [1.165, 1.54) is 0 Å². The van der Waals surface area contributed by atoms with Crippen LogP contribution in [-0.4, -0.2) is 55.1 Å². The van der Waals surface area contributed by atoms with E-state index in [0.717, 1.165) is 32.5 Å². The first kappa shape index (κ1) is 12.3. The molecule has 3 N–H and O–H groups in total. The van der Waals surface area contributed by atoms with Crippen LogP contribution >= 0.6 is 0 Å². The SMILES string of the molecule is C[C@@H]1CN(CC(=O)NC(=O)NC2CC2)CCN1. The Kier molecular flexibility index (Phi) is 3.96. The Morgan fingerprint density at radius 2 is 2.18 bits per heavy atom. The summed E-state index contributed by atoms with van der Waals surface area (Å²) in [6, 6.07) is 0.319. The van der Waals surface area contributed by atoms with Crippen LogP contribution in [0.2, 0.25) is 0 Å². The molecule has 0 aromatic rings. The van der Waals surface area contributed by atoms with Crippen molar-refractivity contribution in [1.29, 1.82) is 0 Å². The molecule has 0 unspecified atom stereocenters. The first-order valence-corrected chi connectivity index (χ1v) is 6.19. The molecular formula is C11H20N4O2. The summed E-state index contributed by atoms with van der Waals surface area (Å²) in [4.78, 5) is 25.0. The van der Waals surface area contributed by atoms with E-state index in [4.69, 9.17) is 0 Å². The highest BCUT2D eigenvalue weighted by Gasteiger charge is 2.24. The molecule has 1 heterocycles. The third-order valence-electron chi connectivity index (χ3n) is 2.99. The minimum atomic E-state index is -0.360. The Balaban J connectivity index is 1.66.